The second-order valence-corrected chi connectivity index (χ2v) is 8.55. The number of nitrogens with zero attached hydrogens (tertiary/aromatic N) is 1. The van der Waals surface area contributed by atoms with Gasteiger partial charge in [0.2, 0.25) is 5.91 Å². The Morgan fingerprint density at radius 1 is 1.17 bits per heavy atom. The van der Waals surface area contributed by atoms with Gasteiger partial charge < -0.3 is 4.90 Å². The first-order valence-corrected chi connectivity index (χ1v) is 8.73. The first-order valence-electron chi connectivity index (χ1n) is 6.47. The topological polar surface area (TPSA) is 54.5 Å². The maximum Gasteiger partial charge on any atom is 0.240 e. The smallest absolute Gasteiger partial charge is 0.240 e. The molecule has 0 aromatic rings. The molecule has 0 aliphatic carbocycles. The van der Waals surface area contributed by atoms with Gasteiger partial charge in [0.15, 0.2) is 0 Å². The highest BCUT2D eigenvalue weighted by molar-refractivity contribution is 7.91. The van der Waals surface area contributed by atoms with Crippen molar-refractivity contribution in [3.8, 4) is 0 Å². The molecular weight excluding hydrogens is 274 g/mol. The second-order valence-electron chi connectivity index (χ2n) is 5.59. The number of alkyl halides is 1. The van der Waals surface area contributed by atoms with Crippen molar-refractivity contribution in [3.63, 3.8) is 0 Å². The van der Waals surface area contributed by atoms with Crippen molar-refractivity contribution in [1.82, 2.24) is 4.90 Å². The van der Waals surface area contributed by atoms with Gasteiger partial charge in [0, 0.05) is 13.1 Å². The van der Waals surface area contributed by atoms with Crippen LogP contribution >= 0.6 is 11.6 Å². The molecule has 0 N–H and O–H groups in total. The Morgan fingerprint density at radius 3 is 2.11 bits per heavy atom. The first kappa shape index (κ1) is 14.1. The number of rotatable bonds is 1. The molecule has 0 radical (unpaired) electrons. The number of likely N-dealkylation sites (tertiary alicyclic amines) is 1. The summed E-state index contributed by atoms with van der Waals surface area (Å²) in [6.45, 7) is 3.13. The van der Waals surface area contributed by atoms with Gasteiger partial charge >= 0.3 is 0 Å². The summed E-state index contributed by atoms with van der Waals surface area (Å²) in [6, 6.07) is 0. The van der Waals surface area contributed by atoms with Gasteiger partial charge in [0.1, 0.15) is 15.2 Å². The van der Waals surface area contributed by atoms with Gasteiger partial charge in [-0.05, 0) is 38.0 Å². The van der Waals surface area contributed by atoms with Crippen molar-refractivity contribution in [3.05, 3.63) is 0 Å². The van der Waals surface area contributed by atoms with E-state index in [4.69, 9.17) is 11.6 Å². The van der Waals surface area contributed by atoms with Crippen LogP contribution in [0.4, 0.5) is 0 Å². The molecule has 1 spiro atoms. The fourth-order valence-electron chi connectivity index (χ4n) is 2.92. The van der Waals surface area contributed by atoms with Gasteiger partial charge in [-0.15, -0.1) is 11.6 Å². The Kier molecular flexibility index (Phi) is 3.93. The molecule has 0 aromatic carbocycles. The number of amides is 1. The summed E-state index contributed by atoms with van der Waals surface area (Å²) in [5.41, 5.74) is 0.150. The van der Waals surface area contributed by atoms with Gasteiger partial charge in [0.05, 0.1) is 11.5 Å². The van der Waals surface area contributed by atoms with E-state index in [1.54, 1.807) is 6.92 Å². The molecule has 2 saturated heterocycles. The molecule has 0 saturated carbocycles. The molecule has 1 unspecified atom stereocenters. The molecule has 6 heteroatoms. The Morgan fingerprint density at radius 2 is 1.67 bits per heavy atom. The molecule has 2 aliphatic rings. The zero-order valence-electron chi connectivity index (χ0n) is 10.7. The molecule has 0 aromatic heterocycles. The summed E-state index contributed by atoms with van der Waals surface area (Å²) in [6.07, 6.45) is 3.34. The van der Waals surface area contributed by atoms with Crippen LogP contribution in [0.5, 0.6) is 0 Å². The maximum atomic E-state index is 11.8. The minimum atomic E-state index is -2.80. The van der Waals surface area contributed by atoms with E-state index in [0.29, 0.717) is 11.5 Å². The zero-order valence-corrected chi connectivity index (χ0v) is 12.3. The molecule has 1 amide bonds. The molecule has 2 rings (SSSR count). The van der Waals surface area contributed by atoms with Crippen molar-refractivity contribution < 1.29 is 13.2 Å². The van der Waals surface area contributed by atoms with Crippen LogP contribution in [0.3, 0.4) is 0 Å². The Labute approximate surface area is 114 Å². The summed E-state index contributed by atoms with van der Waals surface area (Å²) >= 11 is 5.81. The molecule has 2 heterocycles. The van der Waals surface area contributed by atoms with Crippen LogP contribution in [-0.4, -0.2) is 49.2 Å². The van der Waals surface area contributed by atoms with E-state index in [-0.39, 0.29) is 11.3 Å². The fourth-order valence-corrected chi connectivity index (χ4v) is 4.75. The van der Waals surface area contributed by atoms with E-state index >= 15 is 0 Å². The maximum absolute atomic E-state index is 11.8. The molecule has 4 nitrogen and oxygen atoms in total. The van der Waals surface area contributed by atoms with Crippen molar-refractivity contribution in [2.45, 2.75) is 38.0 Å². The third-order valence-corrected chi connectivity index (χ3v) is 6.20. The third kappa shape index (κ3) is 2.99. The van der Waals surface area contributed by atoms with Gasteiger partial charge in [-0.3, -0.25) is 4.79 Å². The Hall–Kier alpha value is -0.290. The van der Waals surface area contributed by atoms with Crippen LogP contribution < -0.4 is 0 Å². The van der Waals surface area contributed by atoms with Crippen LogP contribution in [0.15, 0.2) is 0 Å². The predicted molar refractivity (Wildman–Crippen MR) is 71.4 cm³/mol. The molecule has 0 bridgehead atoms. The van der Waals surface area contributed by atoms with Gasteiger partial charge in [0.25, 0.3) is 0 Å². The average molecular weight is 294 g/mol. The molecular formula is C12H20ClNO3S. The highest BCUT2D eigenvalue weighted by Gasteiger charge is 2.40. The van der Waals surface area contributed by atoms with Crippen molar-refractivity contribution >= 4 is 27.3 Å². The number of piperidine rings is 1. The lowest BCUT2D eigenvalue weighted by molar-refractivity contribution is -0.132. The molecule has 2 aliphatic heterocycles. The van der Waals surface area contributed by atoms with E-state index in [1.165, 1.54) is 0 Å². The largest absolute Gasteiger partial charge is 0.341 e. The van der Waals surface area contributed by atoms with E-state index in [2.05, 4.69) is 0 Å². The van der Waals surface area contributed by atoms with Gasteiger partial charge in [-0.25, -0.2) is 8.42 Å². The summed E-state index contributed by atoms with van der Waals surface area (Å²) in [4.78, 5) is 13.6. The summed E-state index contributed by atoms with van der Waals surface area (Å²) in [7, 11) is -2.80. The monoisotopic (exact) mass is 293 g/mol. The number of halogens is 1. The minimum absolute atomic E-state index is 0.00468. The van der Waals surface area contributed by atoms with Crippen LogP contribution in [-0.2, 0) is 14.6 Å². The number of carbonyl (C=O) groups is 1. The van der Waals surface area contributed by atoms with E-state index in [0.717, 1.165) is 38.8 Å². The standard InChI is InChI=1S/C12H20ClNO3S/c1-10(13)11(15)14-6-2-12(3-7-14)4-8-18(16,17)9-5-12/h10H,2-9H2,1H3. The van der Waals surface area contributed by atoms with Crippen LogP contribution in [0.2, 0.25) is 0 Å². The normalized spacial score (nSPS) is 28.0. The van der Waals surface area contributed by atoms with E-state index in [1.807, 2.05) is 4.90 Å². The van der Waals surface area contributed by atoms with Crippen LogP contribution in [0, 0.1) is 5.41 Å². The van der Waals surface area contributed by atoms with E-state index in [9.17, 15) is 13.2 Å². The van der Waals surface area contributed by atoms with Crippen molar-refractivity contribution in [1.29, 1.82) is 0 Å². The molecule has 1 atom stereocenters. The Bertz CT molecular complexity index is 409. The number of hydrogen-bond acceptors (Lipinski definition) is 3. The fraction of sp³-hybridized carbons (Fsp3) is 0.917. The first-order chi connectivity index (χ1) is 8.34. The third-order valence-electron chi connectivity index (χ3n) is 4.36. The van der Waals surface area contributed by atoms with Crippen molar-refractivity contribution in [2.75, 3.05) is 24.6 Å². The lowest BCUT2D eigenvalue weighted by Gasteiger charge is -2.44. The molecule has 2 fully saturated rings. The number of hydrogen-bond donors (Lipinski definition) is 0. The van der Waals surface area contributed by atoms with Gasteiger partial charge in [-0.2, -0.15) is 0 Å². The lowest BCUT2D eigenvalue weighted by Crippen LogP contribution is -2.47. The SMILES string of the molecule is CC(Cl)C(=O)N1CCC2(CC1)CCS(=O)(=O)CC2. The summed E-state index contributed by atoms with van der Waals surface area (Å²) in [5, 5.41) is -0.467. The Balaban J connectivity index is 1.93. The summed E-state index contributed by atoms with van der Waals surface area (Å²) in [5.74, 6) is 0.620. The summed E-state index contributed by atoms with van der Waals surface area (Å²) < 4.78 is 22.9. The predicted octanol–water partition coefficient (Wildman–Crippen LogP) is 1.43. The van der Waals surface area contributed by atoms with Crippen LogP contribution in [0.25, 0.3) is 0 Å². The highest BCUT2D eigenvalue weighted by Crippen LogP contribution is 2.42. The van der Waals surface area contributed by atoms with Crippen LogP contribution in [0.1, 0.15) is 32.6 Å². The zero-order chi connectivity index (χ0) is 13.4. The lowest BCUT2D eigenvalue weighted by atomic mass is 9.74. The average Bonchev–Trinajstić information content (AvgIpc) is 2.34. The van der Waals surface area contributed by atoms with Gasteiger partial charge in [-0.1, -0.05) is 0 Å². The number of sulfone groups is 1. The molecule has 18 heavy (non-hydrogen) atoms. The minimum Gasteiger partial charge on any atom is -0.341 e. The second kappa shape index (κ2) is 5.00. The molecule has 104 valence electrons. The van der Waals surface area contributed by atoms with Crippen molar-refractivity contribution in [2.24, 2.45) is 5.41 Å². The van der Waals surface area contributed by atoms with E-state index < -0.39 is 15.2 Å². The highest BCUT2D eigenvalue weighted by atomic mass is 35.5. The quantitative estimate of drug-likeness (QED) is 0.687. The number of carbonyl (C=O) groups excluding carboxylic acids is 1.